The Balaban J connectivity index is 1.52. The van der Waals surface area contributed by atoms with Crippen LogP contribution < -0.4 is 0 Å². The highest BCUT2D eigenvalue weighted by Gasteiger charge is 2.45. The third-order valence-corrected chi connectivity index (χ3v) is 4.98. The van der Waals surface area contributed by atoms with Crippen LogP contribution in [0.2, 0.25) is 0 Å². The van der Waals surface area contributed by atoms with Crippen molar-refractivity contribution in [2.75, 3.05) is 0 Å². The van der Waals surface area contributed by atoms with Crippen molar-refractivity contribution in [1.82, 2.24) is 19.7 Å². The van der Waals surface area contributed by atoms with E-state index in [2.05, 4.69) is 14.8 Å². The Morgan fingerprint density at radius 3 is 2.50 bits per heavy atom. The highest BCUT2D eigenvalue weighted by atomic mass is 16.6. The van der Waals surface area contributed by atoms with Crippen LogP contribution in [-0.2, 0) is 4.74 Å². The fourth-order valence-electron chi connectivity index (χ4n) is 4.04. The molecule has 2 aromatic heterocycles. The predicted octanol–water partition coefficient (Wildman–Crippen LogP) is 3.53. The summed E-state index contributed by atoms with van der Waals surface area (Å²) >= 11 is 0. The molecule has 0 aromatic carbocycles. The van der Waals surface area contributed by atoms with E-state index in [1.165, 1.54) is 0 Å². The number of rotatable bonds is 1. The van der Waals surface area contributed by atoms with Crippen LogP contribution in [0.25, 0.3) is 11.0 Å². The molecule has 0 spiro atoms. The SMILES string of the molecule is CC(C)(C)OC(=O)N1[C@H]2CC[C@H]1CC(n1cc3ncccc3n1)C2. The van der Waals surface area contributed by atoms with Crippen molar-refractivity contribution in [3.63, 3.8) is 0 Å². The zero-order valence-corrected chi connectivity index (χ0v) is 14.5. The molecule has 6 heteroatoms. The lowest BCUT2D eigenvalue weighted by Crippen LogP contribution is -2.48. The van der Waals surface area contributed by atoms with Gasteiger partial charge in [-0.3, -0.25) is 9.67 Å². The molecule has 4 heterocycles. The molecule has 0 unspecified atom stereocenters. The Labute approximate surface area is 141 Å². The molecule has 2 aliphatic rings. The van der Waals surface area contributed by atoms with Gasteiger partial charge in [-0.05, 0) is 58.6 Å². The van der Waals surface area contributed by atoms with Crippen LogP contribution in [-0.4, -0.2) is 43.4 Å². The van der Waals surface area contributed by atoms with E-state index < -0.39 is 5.60 Å². The summed E-state index contributed by atoms with van der Waals surface area (Å²) in [5.41, 5.74) is 1.41. The first kappa shape index (κ1) is 15.4. The quantitative estimate of drug-likeness (QED) is 0.803. The number of hydrogen-bond acceptors (Lipinski definition) is 4. The lowest BCUT2D eigenvalue weighted by atomic mass is 9.98. The van der Waals surface area contributed by atoms with Gasteiger partial charge in [0.15, 0.2) is 0 Å². The largest absolute Gasteiger partial charge is 0.444 e. The third kappa shape index (κ3) is 2.74. The van der Waals surface area contributed by atoms with Crippen molar-refractivity contribution in [1.29, 1.82) is 0 Å². The minimum absolute atomic E-state index is 0.166. The highest BCUT2D eigenvalue weighted by Crippen LogP contribution is 2.41. The van der Waals surface area contributed by atoms with Crippen molar-refractivity contribution >= 4 is 17.1 Å². The number of carbonyl (C=O) groups excluding carboxylic acids is 1. The molecular weight excluding hydrogens is 304 g/mol. The molecule has 2 aromatic rings. The molecule has 2 bridgehead atoms. The summed E-state index contributed by atoms with van der Waals surface area (Å²) in [7, 11) is 0. The lowest BCUT2D eigenvalue weighted by molar-refractivity contribution is 0.00235. The number of pyridine rings is 1. The fourth-order valence-corrected chi connectivity index (χ4v) is 4.04. The lowest BCUT2D eigenvalue weighted by Gasteiger charge is -2.39. The molecule has 0 saturated carbocycles. The van der Waals surface area contributed by atoms with Crippen LogP contribution >= 0.6 is 0 Å². The minimum Gasteiger partial charge on any atom is -0.444 e. The first-order valence-electron chi connectivity index (χ1n) is 8.72. The van der Waals surface area contributed by atoms with Gasteiger partial charge < -0.3 is 9.64 Å². The summed E-state index contributed by atoms with van der Waals surface area (Å²) in [5, 5.41) is 4.68. The first-order valence-corrected chi connectivity index (χ1v) is 8.72. The molecule has 128 valence electrons. The van der Waals surface area contributed by atoms with Gasteiger partial charge in [0.05, 0.1) is 12.2 Å². The molecule has 1 amide bonds. The number of aromatic nitrogens is 3. The predicted molar refractivity (Wildman–Crippen MR) is 90.7 cm³/mol. The van der Waals surface area contributed by atoms with E-state index >= 15 is 0 Å². The van der Waals surface area contributed by atoms with Gasteiger partial charge in [0.1, 0.15) is 16.6 Å². The van der Waals surface area contributed by atoms with E-state index in [-0.39, 0.29) is 18.2 Å². The van der Waals surface area contributed by atoms with Gasteiger partial charge in [0.2, 0.25) is 0 Å². The Morgan fingerprint density at radius 1 is 1.17 bits per heavy atom. The zero-order chi connectivity index (χ0) is 16.9. The smallest absolute Gasteiger partial charge is 0.410 e. The van der Waals surface area contributed by atoms with Crippen molar-refractivity contribution < 1.29 is 9.53 Å². The van der Waals surface area contributed by atoms with Crippen LogP contribution in [0.1, 0.15) is 52.5 Å². The van der Waals surface area contributed by atoms with Crippen LogP contribution in [0.5, 0.6) is 0 Å². The van der Waals surface area contributed by atoms with Gasteiger partial charge in [-0.15, -0.1) is 0 Å². The second-order valence-corrected chi connectivity index (χ2v) is 7.91. The number of ether oxygens (including phenoxy) is 1. The van der Waals surface area contributed by atoms with Gasteiger partial charge >= 0.3 is 6.09 Å². The maximum atomic E-state index is 12.5. The highest BCUT2D eigenvalue weighted by molar-refractivity contribution is 5.73. The van der Waals surface area contributed by atoms with Crippen LogP contribution in [0.3, 0.4) is 0 Å². The Bertz CT molecular complexity index is 717. The number of piperidine rings is 1. The fraction of sp³-hybridized carbons (Fsp3) is 0.611. The molecular formula is C18H24N4O2. The summed E-state index contributed by atoms with van der Waals surface area (Å²) in [4.78, 5) is 18.9. The van der Waals surface area contributed by atoms with E-state index in [1.807, 2.05) is 44.0 Å². The summed E-state index contributed by atoms with van der Waals surface area (Å²) in [6.07, 6.45) is 7.64. The van der Waals surface area contributed by atoms with Gasteiger partial charge in [-0.1, -0.05) is 0 Å². The van der Waals surface area contributed by atoms with Crippen molar-refractivity contribution in [2.24, 2.45) is 0 Å². The molecule has 0 radical (unpaired) electrons. The molecule has 2 atom stereocenters. The third-order valence-electron chi connectivity index (χ3n) is 4.98. The summed E-state index contributed by atoms with van der Waals surface area (Å²) in [5.74, 6) is 0. The van der Waals surface area contributed by atoms with Crippen LogP contribution in [0.15, 0.2) is 24.5 Å². The van der Waals surface area contributed by atoms with E-state index in [4.69, 9.17) is 4.74 Å². The Kier molecular flexibility index (Phi) is 3.51. The number of hydrogen-bond donors (Lipinski definition) is 0. The zero-order valence-electron chi connectivity index (χ0n) is 14.5. The molecule has 6 nitrogen and oxygen atoms in total. The second-order valence-electron chi connectivity index (χ2n) is 7.91. The van der Waals surface area contributed by atoms with Gasteiger partial charge in [-0.25, -0.2) is 4.79 Å². The summed E-state index contributed by atoms with van der Waals surface area (Å²) < 4.78 is 7.65. The number of nitrogens with zero attached hydrogens (tertiary/aromatic N) is 4. The normalized spacial score (nSPS) is 26.8. The molecule has 0 N–H and O–H groups in total. The molecule has 4 rings (SSSR count). The van der Waals surface area contributed by atoms with Crippen molar-refractivity contribution in [3.8, 4) is 0 Å². The van der Waals surface area contributed by atoms with Crippen LogP contribution in [0.4, 0.5) is 4.79 Å². The maximum absolute atomic E-state index is 12.5. The Hall–Kier alpha value is -2.11. The van der Waals surface area contributed by atoms with Gasteiger partial charge in [-0.2, -0.15) is 5.10 Å². The van der Waals surface area contributed by atoms with Crippen molar-refractivity contribution in [2.45, 2.75) is 70.2 Å². The topological polar surface area (TPSA) is 60.2 Å². The van der Waals surface area contributed by atoms with E-state index in [0.717, 1.165) is 36.7 Å². The monoisotopic (exact) mass is 328 g/mol. The second kappa shape index (κ2) is 5.46. The number of amides is 1. The average Bonchev–Trinajstić information content (AvgIpc) is 3.04. The standard InChI is InChI=1S/C18H24N4O2/c1-18(2,3)24-17(23)22-12-6-7-13(22)10-14(9-12)21-11-16-15(20-21)5-4-8-19-16/h4-5,8,11-14H,6-7,9-10H2,1-3H3/t12-,13-/m0/s1. The van der Waals surface area contributed by atoms with E-state index in [1.54, 1.807) is 6.20 Å². The summed E-state index contributed by atoms with van der Waals surface area (Å²) in [6, 6.07) is 4.74. The van der Waals surface area contributed by atoms with Crippen molar-refractivity contribution in [3.05, 3.63) is 24.5 Å². The Morgan fingerprint density at radius 2 is 1.88 bits per heavy atom. The number of carbonyl (C=O) groups is 1. The maximum Gasteiger partial charge on any atom is 0.410 e. The molecule has 24 heavy (non-hydrogen) atoms. The molecule has 0 aliphatic carbocycles. The minimum atomic E-state index is -0.446. The first-order chi connectivity index (χ1) is 11.4. The molecule has 2 fully saturated rings. The van der Waals surface area contributed by atoms with E-state index in [9.17, 15) is 4.79 Å². The average molecular weight is 328 g/mol. The van der Waals surface area contributed by atoms with E-state index in [0.29, 0.717) is 6.04 Å². The number of fused-ring (bicyclic) bond motifs is 3. The van der Waals surface area contributed by atoms with Crippen LogP contribution in [0, 0.1) is 0 Å². The van der Waals surface area contributed by atoms with Gasteiger partial charge in [0.25, 0.3) is 0 Å². The molecule has 2 aliphatic heterocycles. The van der Waals surface area contributed by atoms with Gasteiger partial charge in [0, 0.05) is 18.3 Å². The molecule has 2 saturated heterocycles. The summed E-state index contributed by atoms with van der Waals surface area (Å²) in [6.45, 7) is 5.76.